The average molecular weight is 294 g/mol. The molecule has 0 bridgehead atoms. The molecule has 0 aliphatic carbocycles. The summed E-state index contributed by atoms with van der Waals surface area (Å²) in [5.74, 6) is 0. The SMILES string of the molecule is CC(C)(CN)c1ccc(NS(=O)(=O)c2cnc[nH]2)cc1. The fraction of sp³-hybridized carbons (Fsp3) is 0.308. The van der Waals surface area contributed by atoms with Gasteiger partial charge in [0.05, 0.1) is 12.5 Å². The van der Waals surface area contributed by atoms with E-state index < -0.39 is 10.0 Å². The summed E-state index contributed by atoms with van der Waals surface area (Å²) in [6.07, 6.45) is 2.58. The monoisotopic (exact) mass is 294 g/mol. The van der Waals surface area contributed by atoms with Crippen LogP contribution in [0.4, 0.5) is 5.69 Å². The van der Waals surface area contributed by atoms with E-state index in [4.69, 9.17) is 5.73 Å². The molecule has 6 nitrogen and oxygen atoms in total. The molecule has 1 heterocycles. The standard InChI is InChI=1S/C13H18N4O2S/c1-13(2,8-14)10-3-5-11(6-4-10)17-20(18,19)12-7-15-9-16-12/h3-7,9,17H,8,14H2,1-2H3,(H,15,16). The summed E-state index contributed by atoms with van der Waals surface area (Å²) >= 11 is 0. The normalized spacial score (nSPS) is 12.3. The number of aromatic nitrogens is 2. The number of H-pyrrole nitrogens is 1. The number of sulfonamides is 1. The number of nitrogens with one attached hydrogen (secondary N) is 2. The van der Waals surface area contributed by atoms with Gasteiger partial charge in [0.2, 0.25) is 0 Å². The Hall–Kier alpha value is -1.86. The van der Waals surface area contributed by atoms with Gasteiger partial charge in [0.15, 0.2) is 5.03 Å². The Labute approximate surface area is 118 Å². The smallest absolute Gasteiger partial charge is 0.278 e. The van der Waals surface area contributed by atoms with Gasteiger partial charge < -0.3 is 10.7 Å². The van der Waals surface area contributed by atoms with Gasteiger partial charge in [-0.05, 0) is 17.7 Å². The lowest BCUT2D eigenvalue weighted by molar-refractivity contribution is 0.539. The molecule has 0 atom stereocenters. The first-order chi connectivity index (χ1) is 9.35. The summed E-state index contributed by atoms with van der Waals surface area (Å²) in [6.45, 7) is 4.60. The summed E-state index contributed by atoms with van der Waals surface area (Å²) in [5.41, 5.74) is 7.14. The molecule has 108 valence electrons. The van der Waals surface area contributed by atoms with Gasteiger partial charge in [-0.25, -0.2) is 4.98 Å². The Morgan fingerprint density at radius 1 is 1.30 bits per heavy atom. The summed E-state index contributed by atoms with van der Waals surface area (Å²) in [7, 11) is -3.62. The van der Waals surface area contributed by atoms with E-state index in [1.165, 1.54) is 12.5 Å². The maximum Gasteiger partial charge on any atom is 0.278 e. The van der Waals surface area contributed by atoms with Crippen LogP contribution in [0, 0.1) is 0 Å². The van der Waals surface area contributed by atoms with Gasteiger partial charge in [-0.15, -0.1) is 0 Å². The molecule has 0 radical (unpaired) electrons. The van der Waals surface area contributed by atoms with Gasteiger partial charge in [0.1, 0.15) is 0 Å². The number of anilines is 1. The number of nitrogens with zero attached hydrogens (tertiary/aromatic N) is 1. The lowest BCUT2D eigenvalue weighted by atomic mass is 9.85. The molecule has 1 aromatic carbocycles. The van der Waals surface area contributed by atoms with E-state index >= 15 is 0 Å². The second kappa shape index (κ2) is 5.26. The summed E-state index contributed by atoms with van der Waals surface area (Å²) < 4.78 is 26.5. The van der Waals surface area contributed by atoms with Crippen molar-refractivity contribution < 1.29 is 8.42 Å². The number of imidazole rings is 1. The third-order valence-corrected chi connectivity index (χ3v) is 4.50. The highest BCUT2D eigenvalue weighted by Gasteiger charge is 2.19. The molecule has 0 unspecified atom stereocenters. The van der Waals surface area contributed by atoms with Crippen LogP contribution in [0.3, 0.4) is 0 Å². The minimum Gasteiger partial charge on any atom is -0.334 e. The van der Waals surface area contributed by atoms with Crippen LogP contribution in [-0.2, 0) is 15.4 Å². The molecular weight excluding hydrogens is 276 g/mol. The van der Waals surface area contributed by atoms with Crippen LogP contribution in [0.15, 0.2) is 41.8 Å². The van der Waals surface area contributed by atoms with Crippen molar-refractivity contribution in [2.45, 2.75) is 24.3 Å². The zero-order valence-electron chi connectivity index (χ0n) is 11.4. The predicted molar refractivity (Wildman–Crippen MR) is 77.9 cm³/mol. The average Bonchev–Trinajstić information content (AvgIpc) is 2.93. The Balaban J connectivity index is 2.20. The number of benzene rings is 1. The van der Waals surface area contributed by atoms with Crippen LogP contribution in [0.2, 0.25) is 0 Å². The van der Waals surface area contributed by atoms with Gasteiger partial charge in [-0.1, -0.05) is 26.0 Å². The number of hydrogen-bond acceptors (Lipinski definition) is 4. The minimum atomic E-state index is -3.62. The van der Waals surface area contributed by atoms with Gasteiger partial charge in [-0.3, -0.25) is 4.72 Å². The van der Waals surface area contributed by atoms with E-state index in [0.29, 0.717) is 12.2 Å². The summed E-state index contributed by atoms with van der Waals surface area (Å²) in [4.78, 5) is 6.26. The quantitative estimate of drug-likeness (QED) is 0.776. The van der Waals surface area contributed by atoms with E-state index in [1.807, 2.05) is 26.0 Å². The highest BCUT2D eigenvalue weighted by Crippen LogP contribution is 2.24. The largest absolute Gasteiger partial charge is 0.334 e. The Morgan fingerprint density at radius 2 is 1.95 bits per heavy atom. The molecule has 20 heavy (non-hydrogen) atoms. The summed E-state index contributed by atoms with van der Waals surface area (Å²) in [6, 6.07) is 7.19. The Bertz CT molecular complexity index is 661. The second-order valence-electron chi connectivity index (χ2n) is 5.19. The lowest BCUT2D eigenvalue weighted by Gasteiger charge is -2.23. The third kappa shape index (κ3) is 3.00. The van der Waals surface area contributed by atoms with E-state index in [0.717, 1.165) is 5.56 Å². The highest BCUT2D eigenvalue weighted by molar-refractivity contribution is 7.92. The fourth-order valence-electron chi connectivity index (χ4n) is 1.71. The van der Waals surface area contributed by atoms with Crippen molar-refractivity contribution in [2.75, 3.05) is 11.3 Å². The van der Waals surface area contributed by atoms with Crippen LogP contribution < -0.4 is 10.5 Å². The van der Waals surface area contributed by atoms with Crippen molar-refractivity contribution in [3.05, 3.63) is 42.4 Å². The molecule has 0 spiro atoms. The zero-order chi connectivity index (χ0) is 14.8. The van der Waals surface area contributed by atoms with Crippen molar-refractivity contribution in [3.63, 3.8) is 0 Å². The maximum atomic E-state index is 12.0. The molecule has 0 saturated carbocycles. The van der Waals surface area contributed by atoms with Crippen LogP contribution in [0.5, 0.6) is 0 Å². The maximum absolute atomic E-state index is 12.0. The first kappa shape index (κ1) is 14.5. The van der Waals surface area contributed by atoms with Crippen molar-refractivity contribution in [1.82, 2.24) is 9.97 Å². The van der Waals surface area contributed by atoms with Crippen molar-refractivity contribution in [2.24, 2.45) is 5.73 Å². The number of aromatic amines is 1. The number of rotatable bonds is 5. The Kier molecular flexibility index (Phi) is 3.82. The van der Waals surface area contributed by atoms with Gasteiger partial charge in [-0.2, -0.15) is 8.42 Å². The van der Waals surface area contributed by atoms with Gasteiger partial charge in [0.25, 0.3) is 10.0 Å². The molecule has 0 aliphatic rings. The molecular formula is C13H18N4O2S. The first-order valence-corrected chi connectivity index (χ1v) is 7.65. The second-order valence-corrected chi connectivity index (χ2v) is 6.84. The zero-order valence-corrected chi connectivity index (χ0v) is 12.2. The number of hydrogen-bond donors (Lipinski definition) is 3. The van der Waals surface area contributed by atoms with E-state index in [-0.39, 0.29) is 10.4 Å². The number of nitrogens with two attached hydrogens (primary N) is 1. The van der Waals surface area contributed by atoms with Crippen LogP contribution in [-0.4, -0.2) is 24.9 Å². The molecule has 2 rings (SSSR count). The Morgan fingerprint density at radius 3 is 2.45 bits per heavy atom. The molecule has 2 aromatic rings. The molecule has 1 aromatic heterocycles. The molecule has 7 heteroatoms. The lowest BCUT2D eigenvalue weighted by Crippen LogP contribution is -2.28. The van der Waals surface area contributed by atoms with Gasteiger partial charge in [0, 0.05) is 17.6 Å². The molecule has 4 N–H and O–H groups in total. The summed E-state index contributed by atoms with van der Waals surface area (Å²) in [5, 5.41) is 0.0314. The highest BCUT2D eigenvalue weighted by atomic mass is 32.2. The third-order valence-electron chi connectivity index (χ3n) is 3.19. The van der Waals surface area contributed by atoms with E-state index in [2.05, 4.69) is 14.7 Å². The molecule has 0 amide bonds. The van der Waals surface area contributed by atoms with Crippen molar-refractivity contribution >= 4 is 15.7 Å². The topological polar surface area (TPSA) is 101 Å². The van der Waals surface area contributed by atoms with Crippen LogP contribution in [0.25, 0.3) is 0 Å². The van der Waals surface area contributed by atoms with Crippen molar-refractivity contribution in [1.29, 1.82) is 0 Å². The van der Waals surface area contributed by atoms with E-state index in [1.54, 1.807) is 12.1 Å². The molecule has 0 saturated heterocycles. The fourth-order valence-corrected chi connectivity index (χ4v) is 2.67. The molecule has 0 fully saturated rings. The minimum absolute atomic E-state index is 0.0314. The van der Waals surface area contributed by atoms with Crippen molar-refractivity contribution in [3.8, 4) is 0 Å². The van der Waals surface area contributed by atoms with E-state index in [9.17, 15) is 8.42 Å². The van der Waals surface area contributed by atoms with Crippen LogP contribution in [0.1, 0.15) is 19.4 Å². The first-order valence-electron chi connectivity index (χ1n) is 6.17. The van der Waals surface area contributed by atoms with Gasteiger partial charge >= 0.3 is 0 Å². The predicted octanol–water partition coefficient (Wildman–Crippen LogP) is 1.45. The molecule has 0 aliphatic heterocycles. The van der Waals surface area contributed by atoms with Crippen LogP contribution >= 0.6 is 0 Å².